The zero-order chi connectivity index (χ0) is 11.7. The zero-order valence-electron chi connectivity index (χ0n) is 10.2. The maximum atomic E-state index is 4.57. The summed E-state index contributed by atoms with van der Waals surface area (Å²) in [5.41, 5.74) is 0.951. The van der Waals surface area contributed by atoms with E-state index in [1.807, 2.05) is 28.9 Å². The Balaban J connectivity index is 1.75. The highest BCUT2D eigenvalue weighted by molar-refractivity contribution is 5.36. The molecule has 0 radical (unpaired) electrons. The largest absolute Gasteiger partial charge is 0.306 e. The Morgan fingerprint density at radius 2 is 2.35 bits per heavy atom. The fourth-order valence-electron chi connectivity index (χ4n) is 2.66. The van der Waals surface area contributed by atoms with Gasteiger partial charge in [0.05, 0.1) is 0 Å². The van der Waals surface area contributed by atoms with Gasteiger partial charge < -0.3 is 4.90 Å². The normalized spacial score (nSPS) is 22.1. The molecule has 1 aliphatic heterocycles. The van der Waals surface area contributed by atoms with Gasteiger partial charge in [0.25, 0.3) is 0 Å². The van der Waals surface area contributed by atoms with Gasteiger partial charge in [-0.1, -0.05) is 6.07 Å². The molecule has 1 saturated heterocycles. The third-order valence-electron chi connectivity index (χ3n) is 3.48. The molecule has 0 bridgehead atoms. The third kappa shape index (κ3) is 2.31. The van der Waals surface area contributed by atoms with Crippen molar-refractivity contribution in [2.24, 2.45) is 5.92 Å². The zero-order valence-corrected chi connectivity index (χ0v) is 10.2. The lowest BCUT2D eigenvalue weighted by Crippen LogP contribution is -2.33. The summed E-state index contributed by atoms with van der Waals surface area (Å²) >= 11 is 0. The molecule has 3 rings (SSSR count). The Morgan fingerprint density at radius 3 is 3.18 bits per heavy atom. The second-order valence-corrected chi connectivity index (χ2v) is 5.01. The minimum absolute atomic E-state index is 0.714. The van der Waals surface area contributed by atoms with Gasteiger partial charge in [0.2, 0.25) is 0 Å². The average Bonchev–Trinajstić information content (AvgIpc) is 2.71. The number of nitrogens with zero attached hydrogens (tertiary/aromatic N) is 4. The molecule has 0 amide bonds. The Bertz CT molecular complexity index is 472. The van der Waals surface area contributed by atoms with E-state index in [1.54, 1.807) is 0 Å². The number of aromatic nitrogens is 3. The molecule has 90 valence electrons. The molecule has 0 saturated carbocycles. The van der Waals surface area contributed by atoms with Gasteiger partial charge in [0, 0.05) is 19.2 Å². The first-order chi connectivity index (χ1) is 8.31. The molecule has 1 aliphatic rings. The van der Waals surface area contributed by atoms with Crippen molar-refractivity contribution in [1.29, 1.82) is 0 Å². The lowest BCUT2D eigenvalue weighted by atomic mass is 9.95. The topological polar surface area (TPSA) is 33.4 Å². The van der Waals surface area contributed by atoms with Crippen LogP contribution in [0.2, 0.25) is 0 Å². The molecule has 0 N–H and O–H groups in total. The van der Waals surface area contributed by atoms with E-state index in [0.29, 0.717) is 5.92 Å². The van der Waals surface area contributed by atoms with E-state index in [2.05, 4.69) is 22.0 Å². The molecule has 1 atom stereocenters. The first-order valence-electron chi connectivity index (χ1n) is 6.30. The van der Waals surface area contributed by atoms with Crippen LogP contribution in [0.4, 0.5) is 0 Å². The molecule has 0 spiro atoms. The van der Waals surface area contributed by atoms with E-state index >= 15 is 0 Å². The summed E-state index contributed by atoms with van der Waals surface area (Å²) < 4.78 is 1.86. The minimum Gasteiger partial charge on any atom is -0.306 e. The van der Waals surface area contributed by atoms with Gasteiger partial charge in [-0.15, -0.1) is 0 Å². The fourth-order valence-corrected chi connectivity index (χ4v) is 2.66. The molecule has 1 fully saturated rings. The molecular weight excluding hydrogens is 212 g/mol. The molecule has 0 aromatic carbocycles. The number of hydrogen-bond donors (Lipinski definition) is 0. The fraction of sp³-hybridized carbons (Fsp3) is 0.538. The van der Waals surface area contributed by atoms with E-state index in [0.717, 1.165) is 17.9 Å². The quantitative estimate of drug-likeness (QED) is 0.786. The highest BCUT2D eigenvalue weighted by atomic mass is 15.3. The maximum absolute atomic E-state index is 4.57. The molecule has 2 aromatic rings. The minimum atomic E-state index is 0.714. The summed E-state index contributed by atoms with van der Waals surface area (Å²) in [6.45, 7) is 2.41. The average molecular weight is 230 g/mol. The second kappa shape index (κ2) is 4.45. The smallest absolute Gasteiger partial charge is 0.155 e. The van der Waals surface area contributed by atoms with E-state index < -0.39 is 0 Å². The van der Waals surface area contributed by atoms with Gasteiger partial charge in [-0.3, -0.25) is 0 Å². The second-order valence-electron chi connectivity index (χ2n) is 5.01. The summed E-state index contributed by atoms with van der Waals surface area (Å²) in [5, 5.41) is 4.52. The van der Waals surface area contributed by atoms with Crippen molar-refractivity contribution < 1.29 is 0 Å². The van der Waals surface area contributed by atoms with E-state index in [-0.39, 0.29) is 0 Å². The molecule has 4 nitrogen and oxygen atoms in total. The number of piperidine rings is 1. The standard InChI is InChI=1S/C13H18N4/c1-16-7-4-5-11(10-16)9-12-14-13-6-2-3-8-17(13)15-12/h2-3,6,8,11H,4-5,7,9-10H2,1H3. The molecule has 4 heteroatoms. The lowest BCUT2D eigenvalue weighted by Gasteiger charge is -2.28. The van der Waals surface area contributed by atoms with E-state index in [9.17, 15) is 0 Å². The predicted molar refractivity (Wildman–Crippen MR) is 66.9 cm³/mol. The SMILES string of the molecule is CN1CCCC(Cc2nc3ccccn3n2)C1. The van der Waals surface area contributed by atoms with E-state index in [4.69, 9.17) is 0 Å². The van der Waals surface area contributed by atoms with Crippen LogP contribution in [0, 0.1) is 5.92 Å². The van der Waals surface area contributed by atoms with Gasteiger partial charge in [-0.2, -0.15) is 5.10 Å². The van der Waals surface area contributed by atoms with Crippen molar-refractivity contribution >= 4 is 5.65 Å². The maximum Gasteiger partial charge on any atom is 0.155 e. The van der Waals surface area contributed by atoms with Gasteiger partial charge in [-0.05, 0) is 44.5 Å². The Labute approximate surface area is 101 Å². The highest BCUT2D eigenvalue weighted by Crippen LogP contribution is 2.18. The van der Waals surface area contributed by atoms with Gasteiger partial charge >= 0.3 is 0 Å². The number of rotatable bonds is 2. The van der Waals surface area contributed by atoms with Gasteiger partial charge in [0.15, 0.2) is 11.5 Å². The van der Waals surface area contributed by atoms with Crippen LogP contribution in [0.25, 0.3) is 5.65 Å². The van der Waals surface area contributed by atoms with Crippen molar-refractivity contribution in [2.75, 3.05) is 20.1 Å². The number of fused-ring (bicyclic) bond motifs is 1. The van der Waals surface area contributed by atoms with Crippen LogP contribution in [0.3, 0.4) is 0 Å². The third-order valence-corrected chi connectivity index (χ3v) is 3.48. The molecule has 0 aliphatic carbocycles. The van der Waals surface area contributed by atoms with Crippen molar-refractivity contribution in [3.8, 4) is 0 Å². The van der Waals surface area contributed by atoms with Crippen LogP contribution >= 0.6 is 0 Å². The number of pyridine rings is 1. The number of hydrogen-bond acceptors (Lipinski definition) is 3. The van der Waals surface area contributed by atoms with Gasteiger partial charge in [-0.25, -0.2) is 9.50 Å². The van der Waals surface area contributed by atoms with Crippen LogP contribution in [-0.2, 0) is 6.42 Å². The van der Waals surface area contributed by atoms with Crippen LogP contribution in [0.5, 0.6) is 0 Å². The van der Waals surface area contributed by atoms with Crippen LogP contribution in [0.1, 0.15) is 18.7 Å². The first kappa shape index (κ1) is 10.7. The summed E-state index contributed by atoms with van der Waals surface area (Å²) in [4.78, 5) is 6.97. The first-order valence-corrected chi connectivity index (χ1v) is 6.30. The van der Waals surface area contributed by atoms with Crippen molar-refractivity contribution in [2.45, 2.75) is 19.3 Å². The van der Waals surface area contributed by atoms with Gasteiger partial charge in [0.1, 0.15) is 0 Å². The Kier molecular flexibility index (Phi) is 2.81. The summed E-state index contributed by atoms with van der Waals surface area (Å²) in [5.74, 6) is 1.70. The highest BCUT2D eigenvalue weighted by Gasteiger charge is 2.19. The number of likely N-dealkylation sites (tertiary alicyclic amines) is 1. The van der Waals surface area contributed by atoms with E-state index in [1.165, 1.54) is 25.9 Å². The van der Waals surface area contributed by atoms with Crippen LogP contribution in [-0.4, -0.2) is 39.6 Å². The van der Waals surface area contributed by atoms with Crippen molar-refractivity contribution in [3.05, 3.63) is 30.2 Å². The van der Waals surface area contributed by atoms with Crippen molar-refractivity contribution in [1.82, 2.24) is 19.5 Å². The Morgan fingerprint density at radius 1 is 1.41 bits per heavy atom. The van der Waals surface area contributed by atoms with Crippen molar-refractivity contribution in [3.63, 3.8) is 0 Å². The summed E-state index contributed by atoms with van der Waals surface area (Å²) in [6.07, 6.45) is 5.57. The molecular formula is C13H18N4. The molecule has 1 unspecified atom stereocenters. The van der Waals surface area contributed by atoms with Crippen LogP contribution < -0.4 is 0 Å². The molecule has 2 aromatic heterocycles. The lowest BCUT2D eigenvalue weighted by molar-refractivity contribution is 0.207. The molecule has 3 heterocycles. The summed E-state index contributed by atoms with van der Waals surface area (Å²) in [7, 11) is 2.20. The Hall–Kier alpha value is -1.42. The van der Waals surface area contributed by atoms with Crippen LogP contribution in [0.15, 0.2) is 24.4 Å². The summed E-state index contributed by atoms with van der Waals surface area (Å²) in [6, 6.07) is 5.99. The molecule has 17 heavy (non-hydrogen) atoms. The monoisotopic (exact) mass is 230 g/mol. The predicted octanol–water partition coefficient (Wildman–Crippen LogP) is 1.61.